The molecule has 0 saturated heterocycles. The second-order valence-electron chi connectivity index (χ2n) is 7.55. The lowest BCUT2D eigenvalue weighted by Crippen LogP contribution is -2.13. The molecule has 34 heavy (non-hydrogen) atoms. The number of carbonyl (C=O) groups excluding carboxylic acids is 2. The summed E-state index contributed by atoms with van der Waals surface area (Å²) in [5.74, 6) is 0.774. The minimum atomic E-state index is -0.184. The normalized spacial score (nSPS) is 10.7. The molecule has 0 aliphatic heterocycles. The molecule has 0 aliphatic rings. The third-order valence-corrected chi connectivity index (χ3v) is 7.06. The summed E-state index contributed by atoms with van der Waals surface area (Å²) in [6.07, 6.45) is 2.08. The van der Waals surface area contributed by atoms with E-state index in [1.165, 1.54) is 23.1 Å². The van der Waals surface area contributed by atoms with E-state index < -0.39 is 0 Å². The number of hydrogen-bond acceptors (Lipinski definition) is 6. The summed E-state index contributed by atoms with van der Waals surface area (Å²) in [6, 6.07) is 22.1. The average molecular weight is 492 g/mol. The first kappa shape index (κ1) is 23.8. The molecule has 2 amide bonds. The molecule has 0 bridgehead atoms. The van der Waals surface area contributed by atoms with Gasteiger partial charge in [0.05, 0.1) is 22.6 Å². The number of rotatable bonds is 10. The highest BCUT2D eigenvalue weighted by atomic mass is 32.2. The number of hydrogen-bond donors (Lipinski definition) is 2. The third-order valence-electron chi connectivity index (χ3n) is 4.89. The van der Waals surface area contributed by atoms with Crippen molar-refractivity contribution in [3.63, 3.8) is 0 Å². The van der Waals surface area contributed by atoms with Crippen molar-refractivity contribution in [3.05, 3.63) is 78.4 Å². The van der Waals surface area contributed by atoms with Gasteiger partial charge in [0, 0.05) is 16.9 Å². The lowest BCUT2D eigenvalue weighted by Gasteiger charge is -2.07. The van der Waals surface area contributed by atoms with Gasteiger partial charge in [0.2, 0.25) is 5.91 Å². The molecule has 4 aromatic rings. The molecule has 0 aliphatic carbocycles. The van der Waals surface area contributed by atoms with Crippen LogP contribution in [0.15, 0.2) is 77.1 Å². The van der Waals surface area contributed by atoms with Crippen LogP contribution in [0.2, 0.25) is 0 Å². The number of fused-ring (bicyclic) bond motifs is 1. The van der Waals surface area contributed by atoms with Crippen LogP contribution in [0.4, 0.5) is 11.4 Å². The summed E-state index contributed by atoms with van der Waals surface area (Å²) in [6.45, 7) is 2.79. The van der Waals surface area contributed by atoms with Crippen LogP contribution in [0.5, 0.6) is 5.75 Å². The lowest BCUT2D eigenvalue weighted by atomic mass is 10.2. The van der Waals surface area contributed by atoms with E-state index in [9.17, 15) is 9.59 Å². The van der Waals surface area contributed by atoms with Crippen LogP contribution in [0.3, 0.4) is 0 Å². The number of ether oxygens (including phenoxy) is 1. The largest absolute Gasteiger partial charge is 0.494 e. The fourth-order valence-electron chi connectivity index (χ4n) is 3.13. The summed E-state index contributed by atoms with van der Waals surface area (Å²) >= 11 is 2.89. The minimum absolute atomic E-state index is 0.0785. The van der Waals surface area contributed by atoms with Crippen molar-refractivity contribution in [2.75, 3.05) is 23.0 Å². The quantitative estimate of drug-likeness (QED) is 0.197. The Bertz CT molecular complexity index is 1260. The molecule has 174 valence electrons. The molecule has 0 radical (unpaired) electrons. The Morgan fingerprint density at radius 1 is 0.971 bits per heavy atom. The zero-order valence-electron chi connectivity index (χ0n) is 18.7. The van der Waals surface area contributed by atoms with Crippen LogP contribution in [0.1, 0.15) is 30.1 Å². The molecule has 3 aromatic carbocycles. The Morgan fingerprint density at radius 2 is 1.76 bits per heavy atom. The highest BCUT2D eigenvalue weighted by Gasteiger charge is 2.11. The molecule has 0 spiro atoms. The topological polar surface area (TPSA) is 80.3 Å². The molecule has 0 unspecified atom stereocenters. The van der Waals surface area contributed by atoms with Crippen molar-refractivity contribution >= 4 is 56.5 Å². The maximum absolute atomic E-state index is 12.6. The van der Waals surface area contributed by atoms with Crippen LogP contribution in [0, 0.1) is 0 Å². The summed E-state index contributed by atoms with van der Waals surface area (Å²) in [7, 11) is 0. The molecule has 0 fully saturated rings. The number of anilines is 2. The van der Waals surface area contributed by atoms with Crippen LogP contribution < -0.4 is 15.4 Å². The summed E-state index contributed by atoms with van der Waals surface area (Å²) in [4.78, 5) is 29.4. The van der Waals surface area contributed by atoms with Crippen molar-refractivity contribution in [3.8, 4) is 5.75 Å². The number of carbonyl (C=O) groups is 2. The maximum atomic E-state index is 12.6. The first-order valence-electron chi connectivity index (χ1n) is 11.0. The van der Waals surface area contributed by atoms with Gasteiger partial charge in [-0.05, 0) is 61.0 Å². The summed E-state index contributed by atoms with van der Waals surface area (Å²) in [5.41, 5.74) is 2.87. The molecule has 0 saturated carbocycles. The molecular weight excluding hydrogens is 466 g/mol. The van der Waals surface area contributed by atoms with Gasteiger partial charge in [-0.15, -0.1) is 11.3 Å². The van der Waals surface area contributed by atoms with Gasteiger partial charge < -0.3 is 15.4 Å². The van der Waals surface area contributed by atoms with Gasteiger partial charge >= 0.3 is 0 Å². The van der Waals surface area contributed by atoms with Gasteiger partial charge in [-0.3, -0.25) is 9.59 Å². The van der Waals surface area contributed by atoms with E-state index in [-0.39, 0.29) is 17.6 Å². The van der Waals surface area contributed by atoms with Crippen molar-refractivity contribution in [1.82, 2.24) is 4.98 Å². The standard InChI is InChI=1S/C26H25N3O3S2/c1-2-3-15-32-21-12-9-18(10-13-21)25(31)28-20-11-14-22-23(16-20)34-26(29-22)33-17-24(30)27-19-7-5-4-6-8-19/h4-14,16H,2-3,15,17H2,1H3,(H,27,30)(H,28,31). The second-order valence-corrected chi connectivity index (χ2v) is 9.80. The molecule has 0 atom stereocenters. The third kappa shape index (κ3) is 6.59. The molecule has 1 heterocycles. The molecular formula is C26H25N3O3S2. The number of nitrogens with one attached hydrogen (secondary N) is 2. The molecule has 4 rings (SSSR count). The Balaban J connectivity index is 1.33. The molecule has 2 N–H and O–H groups in total. The monoisotopic (exact) mass is 491 g/mol. The SMILES string of the molecule is CCCCOc1ccc(C(=O)Nc2ccc3nc(SCC(=O)Nc4ccccc4)sc3c2)cc1. The van der Waals surface area contributed by atoms with Crippen molar-refractivity contribution in [2.24, 2.45) is 0 Å². The van der Waals surface area contributed by atoms with Crippen LogP contribution in [-0.2, 0) is 4.79 Å². The first-order chi connectivity index (χ1) is 16.6. The predicted molar refractivity (Wildman–Crippen MR) is 140 cm³/mol. The number of thiazole rings is 1. The summed E-state index contributed by atoms with van der Waals surface area (Å²) < 4.78 is 7.40. The number of para-hydroxylation sites is 1. The van der Waals surface area contributed by atoms with Crippen LogP contribution >= 0.6 is 23.1 Å². The van der Waals surface area contributed by atoms with Gasteiger partial charge in [0.25, 0.3) is 5.91 Å². The van der Waals surface area contributed by atoms with Crippen molar-refractivity contribution in [1.29, 1.82) is 0 Å². The lowest BCUT2D eigenvalue weighted by molar-refractivity contribution is -0.113. The molecule has 1 aromatic heterocycles. The highest BCUT2D eigenvalue weighted by Crippen LogP contribution is 2.31. The minimum Gasteiger partial charge on any atom is -0.494 e. The summed E-state index contributed by atoms with van der Waals surface area (Å²) in [5, 5.41) is 5.81. The van der Waals surface area contributed by atoms with Gasteiger partial charge in [0.15, 0.2) is 4.34 Å². The van der Waals surface area contributed by atoms with Gasteiger partial charge in [-0.2, -0.15) is 0 Å². The Hall–Kier alpha value is -3.36. The maximum Gasteiger partial charge on any atom is 0.255 e. The van der Waals surface area contributed by atoms with E-state index in [0.717, 1.165) is 38.8 Å². The predicted octanol–water partition coefficient (Wildman–Crippen LogP) is 6.46. The Morgan fingerprint density at radius 3 is 2.53 bits per heavy atom. The van der Waals surface area contributed by atoms with E-state index >= 15 is 0 Å². The fraction of sp³-hybridized carbons (Fsp3) is 0.192. The second kappa shape index (κ2) is 11.7. The van der Waals surface area contributed by atoms with E-state index in [0.29, 0.717) is 17.9 Å². The number of unbranched alkanes of at least 4 members (excludes halogenated alkanes) is 1. The average Bonchev–Trinajstić information content (AvgIpc) is 3.26. The van der Waals surface area contributed by atoms with Gasteiger partial charge in [0.1, 0.15) is 5.75 Å². The van der Waals surface area contributed by atoms with E-state index in [1.807, 2.05) is 60.7 Å². The fourth-order valence-corrected chi connectivity index (χ4v) is 5.04. The Labute approximate surface area is 206 Å². The van der Waals surface area contributed by atoms with Crippen LogP contribution in [0.25, 0.3) is 10.2 Å². The Kier molecular flexibility index (Phi) is 8.17. The number of thioether (sulfide) groups is 1. The van der Waals surface area contributed by atoms with Crippen molar-refractivity contribution < 1.29 is 14.3 Å². The van der Waals surface area contributed by atoms with Gasteiger partial charge in [-0.1, -0.05) is 43.3 Å². The van der Waals surface area contributed by atoms with E-state index in [1.54, 1.807) is 12.1 Å². The molecule has 6 nitrogen and oxygen atoms in total. The highest BCUT2D eigenvalue weighted by molar-refractivity contribution is 8.01. The van der Waals surface area contributed by atoms with E-state index in [2.05, 4.69) is 22.5 Å². The zero-order valence-corrected chi connectivity index (χ0v) is 20.4. The smallest absolute Gasteiger partial charge is 0.255 e. The number of amides is 2. The van der Waals surface area contributed by atoms with Gasteiger partial charge in [-0.25, -0.2) is 4.98 Å². The van der Waals surface area contributed by atoms with Crippen molar-refractivity contribution in [2.45, 2.75) is 24.1 Å². The number of nitrogens with zero attached hydrogens (tertiary/aromatic N) is 1. The van der Waals surface area contributed by atoms with Crippen LogP contribution in [-0.4, -0.2) is 29.2 Å². The molecule has 8 heteroatoms. The zero-order chi connectivity index (χ0) is 23.8. The van der Waals surface area contributed by atoms with E-state index in [4.69, 9.17) is 4.74 Å². The number of aromatic nitrogens is 1. The first-order valence-corrected chi connectivity index (χ1v) is 12.8. The number of benzene rings is 3.